The van der Waals surface area contributed by atoms with Crippen LogP contribution in [0.3, 0.4) is 0 Å². The van der Waals surface area contributed by atoms with E-state index in [4.69, 9.17) is 11.6 Å². The van der Waals surface area contributed by atoms with Gasteiger partial charge in [-0.05, 0) is 44.5 Å². The summed E-state index contributed by atoms with van der Waals surface area (Å²) in [5.74, 6) is -0.286. The topological polar surface area (TPSA) is 77.1 Å². The van der Waals surface area contributed by atoms with Crippen molar-refractivity contribution >= 4 is 28.8 Å². The van der Waals surface area contributed by atoms with Crippen molar-refractivity contribution in [1.29, 1.82) is 0 Å². The number of nitrogens with one attached hydrogen (secondary N) is 1. The third-order valence-corrected chi connectivity index (χ3v) is 5.12. The molecule has 4 aromatic rings. The Hall–Kier alpha value is -3.19. The summed E-state index contributed by atoms with van der Waals surface area (Å²) < 4.78 is 3.54. The fraction of sp³-hybridized carbons (Fsp3) is 0.200. The van der Waals surface area contributed by atoms with Gasteiger partial charge in [0.25, 0.3) is 5.91 Å². The molecule has 1 aromatic carbocycles. The molecule has 3 heterocycles. The highest BCUT2D eigenvalue weighted by atomic mass is 35.5. The largest absolute Gasteiger partial charge is 0.322 e. The summed E-state index contributed by atoms with van der Waals surface area (Å²) in [6.45, 7) is 6.62. The number of aromatic nitrogens is 5. The first-order valence-corrected chi connectivity index (χ1v) is 9.31. The molecule has 1 N–H and O–H groups in total. The molecule has 0 unspecified atom stereocenters. The number of amides is 1. The van der Waals surface area contributed by atoms with Gasteiger partial charge in [0.1, 0.15) is 5.56 Å². The van der Waals surface area contributed by atoms with E-state index in [-0.39, 0.29) is 5.91 Å². The van der Waals surface area contributed by atoms with Gasteiger partial charge in [0.05, 0.1) is 17.6 Å². The van der Waals surface area contributed by atoms with E-state index in [0.29, 0.717) is 21.9 Å². The number of halogens is 1. The van der Waals surface area contributed by atoms with Gasteiger partial charge in [-0.15, -0.1) is 0 Å². The smallest absolute Gasteiger partial charge is 0.261 e. The maximum absolute atomic E-state index is 12.9. The molecular formula is C20H19ClN6O. The fourth-order valence-corrected chi connectivity index (χ4v) is 3.29. The number of fused-ring (bicyclic) bond motifs is 1. The van der Waals surface area contributed by atoms with Crippen LogP contribution in [0.5, 0.6) is 0 Å². The Morgan fingerprint density at radius 2 is 2.07 bits per heavy atom. The molecule has 0 saturated carbocycles. The maximum atomic E-state index is 12.9. The molecule has 0 saturated heterocycles. The zero-order valence-corrected chi connectivity index (χ0v) is 16.5. The molecule has 0 fully saturated rings. The van der Waals surface area contributed by atoms with Gasteiger partial charge in [-0.1, -0.05) is 17.7 Å². The van der Waals surface area contributed by atoms with E-state index in [2.05, 4.69) is 20.5 Å². The number of carbonyl (C=O) groups excluding carboxylic acids is 1. The van der Waals surface area contributed by atoms with Gasteiger partial charge in [0.2, 0.25) is 0 Å². The first-order chi connectivity index (χ1) is 13.5. The predicted octanol–water partition coefficient (Wildman–Crippen LogP) is 4.14. The Kier molecular flexibility index (Phi) is 4.60. The predicted molar refractivity (Wildman–Crippen MR) is 109 cm³/mol. The summed E-state index contributed by atoms with van der Waals surface area (Å²) in [5.41, 5.74) is 5.03. The minimum Gasteiger partial charge on any atom is -0.322 e. The number of nitrogens with zero attached hydrogens (tertiary/aromatic N) is 5. The van der Waals surface area contributed by atoms with Crippen molar-refractivity contribution in [3.05, 3.63) is 64.7 Å². The van der Waals surface area contributed by atoms with Gasteiger partial charge in [-0.2, -0.15) is 10.2 Å². The second-order valence-electron chi connectivity index (χ2n) is 6.47. The van der Waals surface area contributed by atoms with Crippen molar-refractivity contribution < 1.29 is 4.79 Å². The van der Waals surface area contributed by atoms with E-state index in [1.807, 2.05) is 43.8 Å². The fourth-order valence-electron chi connectivity index (χ4n) is 3.12. The summed E-state index contributed by atoms with van der Waals surface area (Å²) in [6.07, 6.45) is 5.18. The van der Waals surface area contributed by atoms with Crippen LogP contribution in [-0.4, -0.2) is 30.3 Å². The second kappa shape index (κ2) is 7.09. The molecule has 4 rings (SSSR count). The van der Waals surface area contributed by atoms with Crippen LogP contribution >= 0.6 is 11.6 Å². The van der Waals surface area contributed by atoms with E-state index in [9.17, 15) is 4.79 Å². The Labute approximate surface area is 167 Å². The van der Waals surface area contributed by atoms with Crippen LogP contribution in [0.4, 0.5) is 5.69 Å². The second-order valence-corrected chi connectivity index (χ2v) is 6.88. The third-order valence-electron chi connectivity index (χ3n) is 4.71. The lowest BCUT2D eigenvalue weighted by Crippen LogP contribution is -2.13. The summed E-state index contributed by atoms with van der Waals surface area (Å²) in [6, 6.07) is 7.26. The van der Waals surface area contributed by atoms with Crippen molar-refractivity contribution in [2.75, 3.05) is 5.32 Å². The highest BCUT2D eigenvalue weighted by Gasteiger charge is 2.19. The van der Waals surface area contributed by atoms with Gasteiger partial charge in [-0.3, -0.25) is 9.48 Å². The Bertz CT molecular complexity index is 1190. The van der Waals surface area contributed by atoms with Crippen molar-refractivity contribution in [2.45, 2.75) is 27.3 Å². The van der Waals surface area contributed by atoms with Crippen LogP contribution < -0.4 is 5.32 Å². The molecular weight excluding hydrogens is 376 g/mol. The zero-order chi connectivity index (χ0) is 19.8. The number of anilines is 1. The average molecular weight is 395 g/mol. The molecule has 0 radical (unpaired) electrons. The van der Waals surface area contributed by atoms with Gasteiger partial charge in [0, 0.05) is 35.2 Å². The number of aryl methyl sites for hydroxylation is 2. The van der Waals surface area contributed by atoms with E-state index >= 15 is 0 Å². The summed E-state index contributed by atoms with van der Waals surface area (Å²) in [4.78, 5) is 17.2. The summed E-state index contributed by atoms with van der Waals surface area (Å²) in [7, 11) is 0. The van der Waals surface area contributed by atoms with Crippen molar-refractivity contribution in [3.63, 3.8) is 0 Å². The van der Waals surface area contributed by atoms with Crippen LogP contribution in [0.1, 0.15) is 28.5 Å². The van der Waals surface area contributed by atoms with Gasteiger partial charge in [-0.25, -0.2) is 9.50 Å². The van der Waals surface area contributed by atoms with E-state index in [0.717, 1.165) is 29.1 Å². The molecule has 0 spiro atoms. The lowest BCUT2D eigenvalue weighted by molar-refractivity contribution is 0.102. The van der Waals surface area contributed by atoms with E-state index in [1.165, 1.54) is 6.20 Å². The molecule has 0 aliphatic heterocycles. The molecule has 7 nitrogen and oxygen atoms in total. The highest BCUT2D eigenvalue weighted by molar-refractivity contribution is 6.31. The first kappa shape index (κ1) is 18.2. The third kappa shape index (κ3) is 3.03. The maximum Gasteiger partial charge on any atom is 0.261 e. The molecule has 0 atom stereocenters. The monoisotopic (exact) mass is 394 g/mol. The minimum absolute atomic E-state index is 0.286. The van der Waals surface area contributed by atoms with E-state index < -0.39 is 0 Å². The van der Waals surface area contributed by atoms with Crippen molar-refractivity contribution in [2.24, 2.45) is 0 Å². The zero-order valence-electron chi connectivity index (χ0n) is 15.8. The Balaban J connectivity index is 1.75. The Morgan fingerprint density at radius 1 is 1.25 bits per heavy atom. The van der Waals surface area contributed by atoms with Gasteiger partial charge < -0.3 is 5.32 Å². The molecule has 0 bridgehead atoms. The highest BCUT2D eigenvalue weighted by Crippen LogP contribution is 2.26. The molecule has 1 amide bonds. The summed E-state index contributed by atoms with van der Waals surface area (Å²) in [5, 5.41) is 12.4. The van der Waals surface area contributed by atoms with Crippen LogP contribution in [0, 0.1) is 13.8 Å². The van der Waals surface area contributed by atoms with Gasteiger partial charge >= 0.3 is 0 Å². The van der Waals surface area contributed by atoms with Gasteiger partial charge in [0.15, 0.2) is 5.65 Å². The molecule has 3 aromatic heterocycles. The SMILES string of the molecule is CCn1cc(-c2ccnc3c(C(=O)Nc4cccc(Cl)c4C)cnn23)c(C)n1. The molecule has 8 heteroatoms. The van der Waals surface area contributed by atoms with Crippen LogP contribution in [0.25, 0.3) is 16.9 Å². The number of benzene rings is 1. The number of rotatable bonds is 4. The molecule has 28 heavy (non-hydrogen) atoms. The lowest BCUT2D eigenvalue weighted by Gasteiger charge is -2.09. The average Bonchev–Trinajstić information content (AvgIpc) is 3.28. The first-order valence-electron chi connectivity index (χ1n) is 8.93. The standard InChI is InChI=1S/C20H19ClN6O/c1-4-26-11-15(13(3)25-26)18-8-9-22-19-14(10-23-27(18)19)20(28)24-17-7-5-6-16(21)12(17)2/h5-11H,4H2,1-3H3,(H,24,28). The number of hydrogen-bond donors (Lipinski definition) is 1. The van der Waals surface area contributed by atoms with Crippen LogP contribution in [0.2, 0.25) is 5.02 Å². The van der Waals surface area contributed by atoms with E-state index in [1.54, 1.807) is 22.8 Å². The minimum atomic E-state index is -0.286. The van der Waals surface area contributed by atoms with Crippen molar-refractivity contribution in [3.8, 4) is 11.3 Å². The van der Waals surface area contributed by atoms with Crippen molar-refractivity contribution in [1.82, 2.24) is 24.4 Å². The molecule has 0 aliphatic carbocycles. The van der Waals surface area contributed by atoms with Crippen LogP contribution in [-0.2, 0) is 6.54 Å². The molecule has 0 aliphatic rings. The summed E-state index contributed by atoms with van der Waals surface area (Å²) >= 11 is 6.15. The number of hydrogen-bond acceptors (Lipinski definition) is 4. The lowest BCUT2D eigenvalue weighted by atomic mass is 10.2. The Morgan fingerprint density at radius 3 is 2.82 bits per heavy atom. The molecule has 142 valence electrons. The number of carbonyl (C=O) groups is 1. The van der Waals surface area contributed by atoms with Crippen LogP contribution in [0.15, 0.2) is 42.9 Å². The quantitative estimate of drug-likeness (QED) is 0.564. The normalized spacial score (nSPS) is 11.1.